The van der Waals surface area contributed by atoms with Crippen LogP contribution in [0.2, 0.25) is 0 Å². The highest BCUT2D eigenvalue weighted by atomic mass is 15.6. The molecule has 0 amide bonds. The van der Waals surface area contributed by atoms with Gasteiger partial charge in [-0.15, -0.1) is 10.2 Å². The van der Waals surface area contributed by atoms with Gasteiger partial charge in [-0.05, 0) is 29.3 Å². The third-order valence-corrected chi connectivity index (χ3v) is 3.10. The van der Waals surface area contributed by atoms with Crippen LogP contribution in [0, 0.1) is 5.92 Å². The molecule has 0 aliphatic carbocycles. The van der Waals surface area contributed by atoms with Gasteiger partial charge >= 0.3 is 0 Å². The Kier molecular flexibility index (Phi) is 4.31. The number of tetrazole rings is 1. The number of nitrogens with zero attached hydrogens (tertiary/aromatic N) is 5. The van der Waals surface area contributed by atoms with Gasteiger partial charge in [0.15, 0.2) is 5.82 Å². The SMILES string of the molecule is CCNC(c1ccn(Cc2nnn(C)n2)c1)C(C)C. The van der Waals surface area contributed by atoms with Gasteiger partial charge in [0.1, 0.15) is 0 Å². The smallest absolute Gasteiger partial charge is 0.194 e. The van der Waals surface area contributed by atoms with Crippen LogP contribution >= 0.6 is 0 Å². The average molecular weight is 262 g/mol. The maximum absolute atomic E-state index is 4.19. The van der Waals surface area contributed by atoms with E-state index < -0.39 is 0 Å². The molecule has 6 heteroatoms. The number of hydrogen-bond acceptors (Lipinski definition) is 4. The number of rotatable bonds is 6. The molecule has 0 radical (unpaired) electrons. The molecule has 1 N–H and O–H groups in total. The largest absolute Gasteiger partial charge is 0.346 e. The van der Waals surface area contributed by atoms with Gasteiger partial charge in [-0.2, -0.15) is 4.80 Å². The topological polar surface area (TPSA) is 60.6 Å². The summed E-state index contributed by atoms with van der Waals surface area (Å²) in [7, 11) is 1.78. The van der Waals surface area contributed by atoms with Gasteiger partial charge in [-0.3, -0.25) is 0 Å². The van der Waals surface area contributed by atoms with Crippen LogP contribution in [-0.2, 0) is 13.6 Å². The molecular formula is C13H22N6. The molecule has 0 saturated carbocycles. The lowest BCUT2D eigenvalue weighted by atomic mass is 9.98. The maximum atomic E-state index is 4.19. The van der Waals surface area contributed by atoms with Gasteiger partial charge in [0.05, 0.1) is 13.6 Å². The van der Waals surface area contributed by atoms with Gasteiger partial charge in [-0.25, -0.2) is 0 Å². The first kappa shape index (κ1) is 13.7. The molecule has 6 nitrogen and oxygen atoms in total. The molecule has 0 fully saturated rings. The Morgan fingerprint density at radius 3 is 2.74 bits per heavy atom. The molecule has 0 saturated heterocycles. The monoisotopic (exact) mass is 262 g/mol. The van der Waals surface area contributed by atoms with E-state index in [9.17, 15) is 0 Å². The van der Waals surface area contributed by atoms with Crippen LogP contribution in [0.4, 0.5) is 0 Å². The summed E-state index contributed by atoms with van der Waals surface area (Å²) >= 11 is 0. The Morgan fingerprint density at radius 1 is 1.37 bits per heavy atom. The third kappa shape index (κ3) is 3.41. The molecule has 0 bridgehead atoms. The van der Waals surface area contributed by atoms with E-state index in [2.05, 4.69) is 64.5 Å². The molecule has 2 rings (SSSR count). The van der Waals surface area contributed by atoms with Crippen LogP contribution in [0.1, 0.15) is 38.2 Å². The van der Waals surface area contributed by atoms with Gasteiger partial charge < -0.3 is 9.88 Å². The fourth-order valence-corrected chi connectivity index (χ4v) is 2.25. The Balaban J connectivity index is 2.09. The molecule has 0 spiro atoms. The highest BCUT2D eigenvalue weighted by Gasteiger charge is 2.15. The van der Waals surface area contributed by atoms with Crippen molar-refractivity contribution in [3.05, 3.63) is 29.8 Å². The number of aromatic nitrogens is 5. The molecule has 104 valence electrons. The third-order valence-electron chi connectivity index (χ3n) is 3.10. The molecule has 0 aliphatic rings. The van der Waals surface area contributed by atoms with Crippen molar-refractivity contribution >= 4 is 0 Å². The van der Waals surface area contributed by atoms with Crippen molar-refractivity contribution in [3.63, 3.8) is 0 Å². The van der Waals surface area contributed by atoms with Crippen molar-refractivity contribution in [1.82, 2.24) is 30.1 Å². The normalized spacial score (nSPS) is 13.1. The predicted octanol–water partition coefficient (Wildman–Crippen LogP) is 1.37. The van der Waals surface area contributed by atoms with Crippen molar-refractivity contribution in [1.29, 1.82) is 0 Å². The molecule has 0 aliphatic heterocycles. The standard InChI is InChI=1S/C13H22N6/c1-5-14-13(10(2)3)11-6-7-19(8-11)9-12-15-17-18(4)16-12/h6-8,10,13-14H,5,9H2,1-4H3. The molecular weight excluding hydrogens is 240 g/mol. The fraction of sp³-hybridized carbons (Fsp3) is 0.615. The number of aryl methyl sites for hydroxylation is 1. The quantitative estimate of drug-likeness (QED) is 0.854. The zero-order chi connectivity index (χ0) is 13.8. The minimum Gasteiger partial charge on any atom is -0.346 e. The molecule has 2 heterocycles. The molecule has 0 aromatic carbocycles. The van der Waals surface area contributed by atoms with E-state index >= 15 is 0 Å². The van der Waals surface area contributed by atoms with Crippen LogP contribution in [0.25, 0.3) is 0 Å². The highest BCUT2D eigenvalue weighted by molar-refractivity contribution is 5.16. The summed E-state index contributed by atoms with van der Waals surface area (Å²) < 4.78 is 2.10. The van der Waals surface area contributed by atoms with Crippen molar-refractivity contribution < 1.29 is 0 Å². The first-order chi connectivity index (χ1) is 9.10. The van der Waals surface area contributed by atoms with Crippen LogP contribution in [0.5, 0.6) is 0 Å². The summed E-state index contributed by atoms with van der Waals surface area (Å²) in [5.74, 6) is 1.29. The summed E-state index contributed by atoms with van der Waals surface area (Å²) in [6.45, 7) is 8.23. The highest BCUT2D eigenvalue weighted by Crippen LogP contribution is 2.21. The van der Waals surface area contributed by atoms with Crippen LogP contribution in [0.3, 0.4) is 0 Å². The number of hydrogen-bond donors (Lipinski definition) is 1. The van der Waals surface area contributed by atoms with E-state index in [1.165, 1.54) is 10.4 Å². The second-order valence-corrected chi connectivity index (χ2v) is 5.09. The lowest BCUT2D eigenvalue weighted by Crippen LogP contribution is -2.25. The Morgan fingerprint density at radius 2 is 2.16 bits per heavy atom. The summed E-state index contributed by atoms with van der Waals surface area (Å²) in [6.07, 6.45) is 4.22. The minimum atomic E-state index is 0.390. The van der Waals surface area contributed by atoms with Gasteiger partial charge in [0.25, 0.3) is 0 Å². The van der Waals surface area contributed by atoms with Crippen LogP contribution < -0.4 is 5.32 Å². The Bertz CT molecular complexity index is 513. The fourth-order valence-electron chi connectivity index (χ4n) is 2.25. The van der Waals surface area contributed by atoms with E-state index in [0.717, 1.165) is 12.4 Å². The average Bonchev–Trinajstić information content (AvgIpc) is 2.96. The van der Waals surface area contributed by atoms with Crippen molar-refractivity contribution in [3.8, 4) is 0 Å². The summed E-state index contributed by atoms with van der Waals surface area (Å²) in [5.41, 5.74) is 1.31. The lowest BCUT2D eigenvalue weighted by molar-refractivity contribution is 0.421. The summed E-state index contributed by atoms with van der Waals surface area (Å²) in [5, 5.41) is 15.6. The molecule has 2 aromatic heterocycles. The second-order valence-electron chi connectivity index (χ2n) is 5.09. The van der Waals surface area contributed by atoms with E-state index in [1.807, 2.05) is 0 Å². The van der Waals surface area contributed by atoms with Gasteiger partial charge in [-0.1, -0.05) is 20.8 Å². The summed E-state index contributed by atoms with van der Waals surface area (Å²) in [4.78, 5) is 1.48. The second kappa shape index (κ2) is 5.97. The van der Waals surface area contributed by atoms with Crippen LogP contribution in [-0.4, -0.2) is 31.3 Å². The van der Waals surface area contributed by atoms with E-state index in [4.69, 9.17) is 0 Å². The van der Waals surface area contributed by atoms with E-state index in [-0.39, 0.29) is 0 Å². The Labute approximate surface area is 113 Å². The van der Waals surface area contributed by atoms with E-state index in [0.29, 0.717) is 18.5 Å². The van der Waals surface area contributed by atoms with Crippen molar-refractivity contribution in [2.75, 3.05) is 6.54 Å². The maximum Gasteiger partial charge on any atom is 0.194 e. The van der Waals surface area contributed by atoms with Gasteiger partial charge in [0, 0.05) is 18.4 Å². The predicted molar refractivity (Wildman–Crippen MR) is 73.6 cm³/mol. The first-order valence-corrected chi connectivity index (χ1v) is 6.72. The van der Waals surface area contributed by atoms with Crippen molar-refractivity contribution in [2.45, 2.75) is 33.4 Å². The molecule has 1 unspecified atom stereocenters. The van der Waals surface area contributed by atoms with Crippen LogP contribution in [0.15, 0.2) is 18.5 Å². The first-order valence-electron chi connectivity index (χ1n) is 6.72. The zero-order valence-corrected chi connectivity index (χ0v) is 12.0. The molecule has 1 atom stereocenters. The van der Waals surface area contributed by atoms with E-state index in [1.54, 1.807) is 7.05 Å². The lowest BCUT2D eigenvalue weighted by Gasteiger charge is -2.20. The molecule has 2 aromatic rings. The number of nitrogens with one attached hydrogen (secondary N) is 1. The minimum absolute atomic E-state index is 0.390. The molecule has 19 heavy (non-hydrogen) atoms. The van der Waals surface area contributed by atoms with Crippen molar-refractivity contribution in [2.24, 2.45) is 13.0 Å². The Hall–Kier alpha value is -1.69. The summed E-state index contributed by atoms with van der Waals surface area (Å²) in [6, 6.07) is 2.55. The zero-order valence-electron chi connectivity index (χ0n) is 12.0. The van der Waals surface area contributed by atoms with Gasteiger partial charge in [0.2, 0.25) is 0 Å².